The standard InChI is InChI=1S/C8H13I2NO2/c1-6(13-8(9)10)7-5-11(2)3-4-12-7/h7-8H,1,3-5H2,2H3/t7-/m1/s1. The zero-order chi connectivity index (χ0) is 9.84. The molecule has 5 heteroatoms. The fourth-order valence-corrected chi connectivity index (χ4v) is 1.82. The maximum absolute atomic E-state index is 5.54. The SMILES string of the molecule is C=C(OC(I)I)[C@H]1CN(C)CCO1. The van der Waals surface area contributed by atoms with Gasteiger partial charge in [-0.1, -0.05) is 6.58 Å². The van der Waals surface area contributed by atoms with Gasteiger partial charge in [-0.05, 0) is 52.2 Å². The van der Waals surface area contributed by atoms with Crippen LogP contribution in [0.4, 0.5) is 0 Å². The van der Waals surface area contributed by atoms with E-state index < -0.39 is 0 Å². The van der Waals surface area contributed by atoms with Crippen LogP contribution in [0.1, 0.15) is 0 Å². The lowest BCUT2D eigenvalue weighted by Crippen LogP contribution is -2.41. The van der Waals surface area contributed by atoms with Gasteiger partial charge in [0.1, 0.15) is 11.9 Å². The number of nitrogens with zero attached hydrogens (tertiary/aromatic N) is 1. The first-order chi connectivity index (χ1) is 6.09. The molecule has 1 fully saturated rings. The Morgan fingerprint density at radius 1 is 1.69 bits per heavy atom. The molecule has 3 nitrogen and oxygen atoms in total. The highest BCUT2D eigenvalue weighted by Crippen LogP contribution is 2.20. The Labute approximate surface area is 106 Å². The van der Waals surface area contributed by atoms with Crippen LogP contribution in [0.25, 0.3) is 0 Å². The van der Waals surface area contributed by atoms with Crippen molar-refractivity contribution in [2.45, 2.75) is 8.22 Å². The highest BCUT2D eigenvalue weighted by Gasteiger charge is 2.22. The average molecular weight is 409 g/mol. The molecule has 0 aromatic carbocycles. The normalized spacial score (nSPS) is 24.8. The van der Waals surface area contributed by atoms with E-state index in [1.165, 1.54) is 0 Å². The molecule has 1 heterocycles. The summed E-state index contributed by atoms with van der Waals surface area (Å²) >= 11 is 4.39. The van der Waals surface area contributed by atoms with E-state index in [2.05, 4.69) is 63.7 Å². The van der Waals surface area contributed by atoms with E-state index in [0.29, 0.717) is 0 Å². The van der Waals surface area contributed by atoms with Crippen molar-refractivity contribution in [2.75, 3.05) is 26.7 Å². The lowest BCUT2D eigenvalue weighted by molar-refractivity contribution is -0.0249. The number of rotatable bonds is 3. The first-order valence-corrected chi connectivity index (χ1v) is 6.52. The van der Waals surface area contributed by atoms with Crippen LogP contribution in [0.5, 0.6) is 0 Å². The zero-order valence-electron chi connectivity index (χ0n) is 7.50. The second kappa shape index (κ2) is 5.72. The van der Waals surface area contributed by atoms with Gasteiger partial charge in [-0.15, -0.1) is 0 Å². The van der Waals surface area contributed by atoms with E-state index in [4.69, 9.17) is 9.47 Å². The van der Waals surface area contributed by atoms with Gasteiger partial charge in [0, 0.05) is 13.1 Å². The number of alkyl halides is 2. The second-order valence-corrected chi connectivity index (χ2v) is 7.61. The molecule has 0 saturated carbocycles. The summed E-state index contributed by atoms with van der Waals surface area (Å²) in [6, 6.07) is 0. The van der Waals surface area contributed by atoms with Gasteiger partial charge in [0.05, 0.1) is 6.61 Å². The Bertz CT molecular complexity index is 187. The number of likely N-dealkylation sites (N-methyl/N-ethyl adjacent to an activating group) is 1. The van der Waals surface area contributed by atoms with Crippen LogP contribution >= 0.6 is 45.2 Å². The molecular formula is C8H13I2NO2. The number of morpholine rings is 1. The number of halogens is 2. The Kier molecular flexibility index (Phi) is 5.27. The fourth-order valence-electron chi connectivity index (χ4n) is 1.16. The van der Waals surface area contributed by atoms with Gasteiger partial charge in [0.2, 0.25) is 0 Å². The zero-order valence-corrected chi connectivity index (χ0v) is 11.8. The second-order valence-electron chi connectivity index (χ2n) is 2.97. The molecule has 0 aliphatic carbocycles. The highest BCUT2D eigenvalue weighted by molar-refractivity contribution is 14.2. The van der Waals surface area contributed by atoms with Gasteiger partial charge in [0.25, 0.3) is 0 Å². The van der Waals surface area contributed by atoms with Crippen molar-refractivity contribution < 1.29 is 9.47 Å². The molecule has 1 atom stereocenters. The summed E-state index contributed by atoms with van der Waals surface area (Å²) in [5.74, 6) is 0.736. The van der Waals surface area contributed by atoms with Crippen molar-refractivity contribution in [1.29, 1.82) is 0 Å². The van der Waals surface area contributed by atoms with Crippen molar-refractivity contribution >= 4 is 45.2 Å². The molecule has 0 aromatic heterocycles. The average Bonchev–Trinajstić information content (AvgIpc) is 2.03. The lowest BCUT2D eigenvalue weighted by Gasteiger charge is -2.31. The molecule has 0 amide bonds. The Morgan fingerprint density at radius 3 is 2.92 bits per heavy atom. The monoisotopic (exact) mass is 409 g/mol. The molecule has 0 N–H and O–H groups in total. The van der Waals surface area contributed by atoms with Crippen LogP contribution in [-0.4, -0.2) is 39.9 Å². The molecular weight excluding hydrogens is 396 g/mol. The van der Waals surface area contributed by atoms with Crippen molar-refractivity contribution in [3.05, 3.63) is 12.3 Å². The van der Waals surface area contributed by atoms with E-state index in [9.17, 15) is 0 Å². The summed E-state index contributed by atoms with van der Waals surface area (Å²) in [4.78, 5) is 2.22. The van der Waals surface area contributed by atoms with Crippen LogP contribution in [0, 0.1) is 0 Å². The molecule has 0 spiro atoms. The predicted octanol–water partition coefficient (Wildman–Crippen LogP) is 2.00. The van der Waals surface area contributed by atoms with E-state index in [1.807, 2.05) is 0 Å². The summed E-state index contributed by atoms with van der Waals surface area (Å²) in [6.07, 6.45) is 0.0331. The van der Waals surface area contributed by atoms with Crippen LogP contribution in [0.15, 0.2) is 12.3 Å². The minimum atomic E-state index is 0.0331. The molecule has 0 aromatic rings. The minimum Gasteiger partial charge on any atom is -0.472 e. The van der Waals surface area contributed by atoms with E-state index in [0.717, 1.165) is 25.5 Å². The summed E-state index contributed by atoms with van der Waals surface area (Å²) in [5.41, 5.74) is 0. The highest BCUT2D eigenvalue weighted by atomic mass is 127. The third-order valence-corrected chi connectivity index (χ3v) is 2.38. The third-order valence-electron chi connectivity index (χ3n) is 1.87. The Morgan fingerprint density at radius 2 is 2.38 bits per heavy atom. The van der Waals surface area contributed by atoms with Crippen molar-refractivity contribution in [2.24, 2.45) is 0 Å². The van der Waals surface area contributed by atoms with Crippen LogP contribution in [-0.2, 0) is 9.47 Å². The quantitative estimate of drug-likeness (QED) is 0.405. The molecule has 1 rings (SSSR count). The van der Waals surface area contributed by atoms with Gasteiger partial charge in [0.15, 0.2) is 2.12 Å². The first kappa shape index (κ1) is 12.0. The van der Waals surface area contributed by atoms with Crippen LogP contribution in [0.3, 0.4) is 0 Å². The van der Waals surface area contributed by atoms with Gasteiger partial charge in [-0.2, -0.15) is 0 Å². The fraction of sp³-hybridized carbons (Fsp3) is 0.750. The number of hydrogen-bond acceptors (Lipinski definition) is 3. The minimum absolute atomic E-state index is 0.0331. The smallest absolute Gasteiger partial charge is 0.198 e. The first-order valence-electron chi connectivity index (χ1n) is 4.03. The topological polar surface area (TPSA) is 21.7 Å². The molecule has 13 heavy (non-hydrogen) atoms. The van der Waals surface area contributed by atoms with Gasteiger partial charge >= 0.3 is 0 Å². The predicted molar refractivity (Wildman–Crippen MR) is 69.3 cm³/mol. The Hall–Kier alpha value is 0.920. The molecule has 0 bridgehead atoms. The summed E-state index contributed by atoms with van der Waals surface area (Å²) in [6.45, 7) is 6.49. The van der Waals surface area contributed by atoms with E-state index >= 15 is 0 Å². The maximum Gasteiger partial charge on any atom is 0.198 e. The Balaban J connectivity index is 2.37. The lowest BCUT2D eigenvalue weighted by atomic mass is 10.2. The van der Waals surface area contributed by atoms with Crippen LogP contribution < -0.4 is 0 Å². The third kappa shape index (κ3) is 4.30. The molecule has 1 aliphatic heterocycles. The molecule has 1 aliphatic rings. The molecule has 0 radical (unpaired) electrons. The summed E-state index contributed by atoms with van der Waals surface area (Å²) in [5, 5.41) is 0. The van der Waals surface area contributed by atoms with Crippen LogP contribution in [0.2, 0.25) is 0 Å². The molecule has 1 saturated heterocycles. The summed E-state index contributed by atoms with van der Waals surface area (Å²) in [7, 11) is 2.08. The van der Waals surface area contributed by atoms with Crippen molar-refractivity contribution in [3.63, 3.8) is 0 Å². The number of ether oxygens (including phenoxy) is 2. The van der Waals surface area contributed by atoms with Gasteiger partial charge < -0.3 is 14.4 Å². The van der Waals surface area contributed by atoms with E-state index in [-0.39, 0.29) is 8.22 Å². The number of hydrogen-bond donors (Lipinski definition) is 0. The van der Waals surface area contributed by atoms with Gasteiger partial charge in [-0.25, -0.2) is 0 Å². The molecule has 0 unspecified atom stereocenters. The maximum atomic E-state index is 5.54. The van der Waals surface area contributed by atoms with E-state index in [1.54, 1.807) is 0 Å². The van der Waals surface area contributed by atoms with Crippen molar-refractivity contribution in [1.82, 2.24) is 4.90 Å². The van der Waals surface area contributed by atoms with Crippen molar-refractivity contribution in [3.8, 4) is 0 Å². The molecule has 76 valence electrons. The summed E-state index contributed by atoms with van der Waals surface area (Å²) < 4.78 is 11.1. The van der Waals surface area contributed by atoms with Gasteiger partial charge in [-0.3, -0.25) is 0 Å². The largest absolute Gasteiger partial charge is 0.472 e.